The van der Waals surface area contributed by atoms with Crippen molar-refractivity contribution in [3.63, 3.8) is 0 Å². The van der Waals surface area contributed by atoms with Gasteiger partial charge in [0.2, 0.25) is 0 Å². The fourth-order valence-electron chi connectivity index (χ4n) is 1.96. The van der Waals surface area contributed by atoms with Crippen LogP contribution >= 0.6 is 22.6 Å². The summed E-state index contributed by atoms with van der Waals surface area (Å²) in [6, 6.07) is 11.9. The minimum Gasteiger partial charge on any atom is -0.497 e. The summed E-state index contributed by atoms with van der Waals surface area (Å²) in [6.45, 7) is 0. The predicted molar refractivity (Wildman–Crippen MR) is 88.5 cm³/mol. The van der Waals surface area contributed by atoms with E-state index in [-0.39, 0.29) is 0 Å². The lowest BCUT2D eigenvalue weighted by molar-refractivity contribution is 0.415. The van der Waals surface area contributed by atoms with Gasteiger partial charge in [0.05, 0.1) is 19.0 Å². The number of ether oxygens (including phenoxy) is 1. The molecule has 2 heterocycles. The summed E-state index contributed by atoms with van der Waals surface area (Å²) in [5.74, 6) is 1.61. The first-order valence-electron chi connectivity index (χ1n) is 6.07. The van der Waals surface area contributed by atoms with Crippen LogP contribution in [0.15, 0.2) is 48.8 Å². The van der Waals surface area contributed by atoms with Crippen LogP contribution < -0.4 is 10.1 Å². The second-order valence-corrected chi connectivity index (χ2v) is 5.35. The molecule has 4 nitrogen and oxygen atoms in total. The largest absolute Gasteiger partial charge is 0.497 e. The van der Waals surface area contributed by atoms with Crippen molar-refractivity contribution in [2.24, 2.45) is 0 Å². The Balaban J connectivity index is 2.04. The molecular formula is C15H12IN3O. The standard InChI is InChI=1S/C15H12IN3O/c1-20-12-4-2-10-6-7-17-15(13(10)8-12)19-11-3-5-14(16)18-9-11/h2-9H,1H3,(H,17,19). The van der Waals surface area contributed by atoms with Gasteiger partial charge in [-0.3, -0.25) is 0 Å². The molecule has 100 valence electrons. The van der Waals surface area contributed by atoms with Crippen LogP contribution in [-0.4, -0.2) is 17.1 Å². The normalized spacial score (nSPS) is 10.5. The monoisotopic (exact) mass is 377 g/mol. The minimum absolute atomic E-state index is 0.796. The van der Waals surface area contributed by atoms with Crippen LogP contribution in [0.5, 0.6) is 5.75 Å². The molecule has 3 aromatic rings. The highest BCUT2D eigenvalue weighted by Gasteiger charge is 2.04. The number of methoxy groups -OCH3 is 1. The van der Waals surface area contributed by atoms with Crippen molar-refractivity contribution < 1.29 is 4.74 Å². The quantitative estimate of drug-likeness (QED) is 0.554. The van der Waals surface area contributed by atoms with Crippen molar-refractivity contribution in [3.8, 4) is 5.75 Å². The van der Waals surface area contributed by atoms with Crippen LogP contribution in [0.2, 0.25) is 0 Å². The molecular weight excluding hydrogens is 365 g/mol. The van der Waals surface area contributed by atoms with E-state index in [0.29, 0.717) is 0 Å². The molecule has 0 amide bonds. The Bertz CT molecular complexity index is 744. The van der Waals surface area contributed by atoms with Gasteiger partial charge in [-0.05, 0) is 58.3 Å². The summed E-state index contributed by atoms with van der Waals surface area (Å²) in [4.78, 5) is 8.66. The van der Waals surface area contributed by atoms with Crippen LogP contribution in [0.1, 0.15) is 0 Å². The van der Waals surface area contributed by atoms with Crippen LogP contribution in [-0.2, 0) is 0 Å². The van der Waals surface area contributed by atoms with Gasteiger partial charge in [0.1, 0.15) is 15.3 Å². The molecule has 0 saturated carbocycles. The molecule has 1 aromatic carbocycles. The molecule has 3 rings (SSSR count). The molecule has 0 saturated heterocycles. The first-order chi connectivity index (χ1) is 9.76. The summed E-state index contributed by atoms with van der Waals surface area (Å²) in [5.41, 5.74) is 0.910. The van der Waals surface area contributed by atoms with Gasteiger partial charge in [-0.1, -0.05) is 6.07 Å². The van der Waals surface area contributed by atoms with Crippen molar-refractivity contribution in [1.29, 1.82) is 0 Å². The third kappa shape index (κ3) is 2.67. The summed E-state index contributed by atoms with van der Waals surface area (Å²) < 4.78 is 6.23. The van der Waals surface area contributed by atoms with Gasteiger partial charge < -0.3 is 10.1 Å². The average Bonchev–Trinajstić information content (AvgIpc) is 2.49. The number of halogens is 1. The van der Waals surface area contributed by atoms with E-state index in [9.17, 15) is 0 Å². The third-order valence-corrected chi connectivity index (χ3v) is 3.60. The molecule has 20 heavy (non-hydrogen) atoms. The summed E-state index contributed by atoms with van der Waals surface area (Å²) in [6.07, 6.45) is 3.58. The maximum Gasteiger partial charge on any atom is 0.138 e. The molecule has 0 radical (unpaired) electrons. The smallest absolute Gasteiger partial charge is 0.138 e. The average molecular weight is 377 g/mol. The summed E-state index contributed by atoms with van der Waals surface area (Å²) in [5, 5.41) is 5.42. The molecule has 1 N–H and O–H groups in total. The molecule has 0 fully saturated rings. The maximum atomic E-state index is 5.27. The second kappa shape index (κ2) is 5.62. The van der Waals surface area contributed by atoms with E-state index in [2.05, 4.69) is 37.9 Å². The minimum atomic E-state index is 0.796. The van der Waals surface area contributed by atoms with Crippen molar-refractivity contribution in [3.05, 3.63) is 52.5 Å². The van der Waals surface area contributed by atoms with Gasteiger partial charge >= 0.3 is 0 Å². The number of nitrogens with zero attached hydrogens (tertiary/aromatic N) is 2. The van der Waals surface area contributed by atoms with Gasteiger partial charge in [-0.25, -0.2) is 9.97 Å². The highest BCUT2D eigenvalue weighted by atomic mass is 127. The number of hydrogen-bond donors (Lipinski definition) is 1. The molecule has 5 heteroatoms. The Hall–Kier alpha value is -1.89. The number of anilines is 2. The number of fused-ring (bicyclic) bond motifs is 1. The van der Waals surface area contributed by atoms with Crippen LogP contribution in [0, 0.1) is 3.70 Å². The van der Waals surface area contributed by atoms with Crippen molar-refractivity contribution in [2.75, 3.05) is 12.4 Å². The van der Waals surface area contributed by atoms with Crippen LogP contribution in [0.25, 0.3) is 10.8 Å². The van der Waals surface area contributed by atoms with E-state index in [0.717, 1.165) is 31.7 Å². The number of aromatic nitrogens is 2. The fourth-order valence-corrected chi connectivity index (χ4v) is 2.28. The first-order valence-corrected chi connectivity index (χ1v) is 7.15. The van der Waals surface area contributed by atoms with Gasteiger partial charge in [0, 0.05) is 11.6 Å². The van der Waals surface area contributed by atoms with Gasteiger partial charge in [0.25, 0.3) is 0 Å². The van der Waals surface area contributed by atoms with Gasteiger partial charge in [-0.15, -0.1) is 0 Å². The Morgan fingerprint density at radius 2 is 2.00 bits per heavy atom. The maximum absolute atomic E-state index is 5.27. The van der Waals surface area contributed by atoms with Crippen molar-refractivity contribution in [2.45, 2.75) is 0 Å². The highest BCUT2D eigenvalue weighted by Crippen LogP contribution is 2.27. The van der Waals surface area contributed by atoms with Crippen LogP contribution in [0.4, 0.5) is 11.5 Å². The van der Waals surface area contributed by atoms with E-state index < -0.39 is 0 Å². The lowest BCUT2D eigenvalue weighted by atomic mass is 10.1. The molecule has 0 aliphatic rings. The molecule has 0 unspecified atom stereocenters. The molecule has 0 bridgehead atoms. The SMILES string of the molecule is COc1ccc2ccnc(Nc3ccc(I)nc3)c2c1. The van der Waals surface area contributed by atoms with E-state index in [4.69, 9.17) is 4.74 Å². The zero-order valence-electron chi connectivity index (χ0n) is 10.8. The number of pyridine rings is 2. The van der Waals surface area contributed by atoms with Crippen molar-refractivity contribution >= 4 is 44.9 Å². The van der Waals surface area contributed by atoms with Crippen LogP contribution in [0.3, 0.4) is 0 Å². The number of benzene rings is 1. The van der Waals surface area contributed by atoms with Gasteiger partial charge in [-0.2, -0.15) is 0 Å². The Morgan fingerprint density at radius 1 is 1.10 bits per heavy atom. The third-order valence-electron chi connectivity index (χ3n) is 2.96. The molecule has 0 aliphatic carbocycles. The summed E-state index contributed by atoms with van der Waals surface area (Å²) in [7, 11) is 1.66. The van der Waals surface area contributed by atoms with E-state index >= 15 is 0 Å². The van der Waals surface area contributed by atoms with Gasteiger partial charge in [0.15, 0.2) is 0 Å². The van der Waals surface area contributed by atoms with E-state index in [1.54, 1.807) is 19.5 Å². The highest BCUT2D eigenvalue weighted by molar-refractivity contribution is 14.1. The molecule has 2 aromatic heterocycles. The number of rotatable bonds is 3. The molecule has 0 atom stereocenters. The van der Waals surface area contributed by atoms with E-state index in [1.165, 1.54) is 0 Å². The lowest BCUT2D eigenvalue weighted by Crippen LogP contribution is -1.96. The zero-order chi connectivity index (χ0) is 13.9. The van der Waals surface area contributed by atoms with E-state index in [1.807, 2.05) is 36.4 Å². The molecule has 0 spiro atoms. The fraction of sp³-hybridized carbons (Fsp3) is 0.0667. The first kappa shape index (κ1) is 13.1. The Morgan fingerprint density at radius 3 is 2.75 bits per heavy atom. The van der Waals surface area contributed by atoms with Crippen molar-refractivity contribution in [1.82, 2.24) is 9.97 Å². The Kier molecular flexibility index (Phi) is 3.68. The molecule has 0 aliphatic heterocycles. The number of nitrogens with one attached hydrogen (secondary N) is 1. The number of hydrogen-bond acceptors (Lipinski definition) is 4. The second-order valence-electron chi connectivity index (χ2n) is 4.24. The zero-order valence-corrected chi connectivity index (χ0v) is 13.0. The topological polar surface area (TPSA) is 47.0 Å². The lowest BCUT2D eigenvalue weighted by Gasteiger charge is -2.09. The predicted octanol–water partition coefficient (Wildman–Crippen LogP) is 3.99. The summed E-state index contributed by atoms with van der Waals surface area (Å²) >= 11 is 2.18. The Labute approximate surface area is 130 Å².